The molecule has 2 rings (SSSR count). The van der Waals surface area contributed by atoms with E-state index in [9.17, 15) is 0 Å². The summed E-state index contributed by atoms with van der Waals surface area (Å²) in [7, 11) is 2.19. The molecule has 112 valence electrons. The molecule has 3 nitrogen and oxygen atoms in total. The highest BCUT2D eigenvalue weighted by atomic mass is 15.3. The lowest BCUT2D eigenvalue weighted by atomic mass is 9.99. The Hall–Kier alpha value is -1.22. The number of anilines is 2. The highest BCUT2D eigenvalue weighted by Crippen LogP contribution is 2.34. The summed E-state index contributed by atoms with van der Waals surface area (Å²) in [5.74, 6) is 0.637. The first kappa shape index (κ1) is 15.2. The van der Waals surface area contributed by atoms with Crippen LogP contribution in [0.25, 0.3) is 0 Å². The normalized spacial score (nSPS) is 16.8. The van der Waals surface area contributed by atoms with Gasteiger partial charge in [-0.2, -0.15) is 0 Å². The van der Waals surface area contributed by atoms with E-state index in [2.05, 4.69) is 74.1 Å². The highest BCUT2D eigenvalue weighted by Gasteiger charge is 2.27. The van der Waals surface area contributed by atoms with E-state index in [1.807, 2.05) is 0 Å². The average Bonchev–Trinajstić information content (AvgIpc) is 2.41. The molecule has 0 saturated heterocycles. The minimum Gasteiger partial charge on any atom is -0.371 e. The predicted octanol–water partition coefficient (Wildman–Crippen LogP) is 2.97. The van der Waals surface area contributed by atoms with Crippen molar-refractivity contribution >= 4 is 11.4 Å². The number of para-hydroxylation sites is 2. The molecule has 0 radical (unpaired) electrons. The molecule has 1 unspecified atom stereocenters. The summed E-state index contributed by atoms with van der Waals surface area (Å²) in [4.78, 5) is 4.95. The molecular weight excluding hydrogens is 246 g/mol. The molecule has 20 heavy (non-hydrogen) atoms. The third kappa shape index (κ3) is 3.26. The van der Waals surface area contributed by atoms with Crippen molar-refractivity contribution < 1.29 is 0 Å². The van der Waals surface area contributed by atoms with Gasteiger partial charge < -0.3 is 15.1 Å². The van der Waals surface area contributed by atoms with E-state index >= 15 is 0 Å². The van der Waals surface area contributed by atoms with Crippen molar-refractivity contribution in [3.05, 3.63) is 24.3 Å². The number of hydrogen-bond acceptors (Lipinski definition) is 3. The lowest BCUT2D eigenvalue weighted by molar-refractivity contribution is 0.409. The van der Waals surface area contributed by atoms with Crippen molar-refractivity contribution in [1.82, 2.24) is 5.32 Å². The Morgan fingerprint density at radius 3 is 2.30 bits per heavy atom. The smallest absolute Gasteiger partial charge is 0.0607 e. The first-order valence-corrected chi connectivity index (χ1v) is 7.81. The minimum absolute atomic E-state index is 0.541. The van der Waals surface area contributed by atoms with Crippen LogP contribution in [0.3, 0.4) is 0 Å². The molecule has 0 aromatic heterocycles. The van der Waals surface area contributed by atoms with E-state index in [-0.39, 0.29) is 0 Å². The fourth-order valence-corrected chi connectivity index (χ4v) is 2.94. The molecular formula is C17H29N3. The first-order valence-electron chi connectivity index (χ1n) is 7.81. The largest absolute Gasteiger partial charge is 0.371 e. The molecule has 1 aromatic rings. The Kier molecular flexibility index (Phi) is 4.92. The summed E-state index contributed by atoms with van der Waals surface area (Å²) in [5, 5.41) is 3.61. The Labute approximate surface area is 124 Å². The monoisotopic (exact) mass is 275 g/mol. The zero-order valence-corrected chi connectivity index (χ0v) is 13.6. The maximum absolute atomic E-state index is 3.61. The molecule has 1 aliphatic heterocycles. The molecule has 3 heteroatoms. The van der Waals surface area contributed by atoms with Crippen LogP contribution in [0, 0.1) is 5.92 Å². The second-order valence-electron chi connectivity index (χ2n) is 6.48. The van der Waals surface area contributed by atoms with Crippen molar-refractivity contribution in [2.45, 2.75) is 39.8 Å². The summed E-state index contributed by atoms with van der Waals surface area (Å²) >= 11 is 0. The lowest BCUT2D eigenvalue weighted by Crippen LogP contribution is -2.51. The second-order valence-corrected chi connectivity index (χ2v) is 6.48. The van der Waals surface area contributed by atoms with Crippen LogP contribution in [-0.4, -0.2) is 38.8 Å². The number of benzene rings is 1. The van der Waals surface area contributed by atoms with Crippen LogP contribution >= 0.6 is 0 Å². The third-order valence-electron chi connectivity index (χ3n) is 4.18. The number of nitrogens with one attached hydrogen (secondary N) is 1. The van der Waals surface area contributed by atoms with Crippen LogP contribution in [0.2, 0.25) is 0 Å². The maximum Gasteiger partial charge on any atom is 0.0607 e. The average molecular weight is 275 g/mol. The lowest BCUT2D eigenvalue weighted by Gasteiger charge is -2.43. The molecule has 0 fully saturated rings. The van der Waals surface area contributed by atoms with Crippen LogP contribution in [0.5, 0.6) is 0 Å². The van der Waals surface area contributed by atoms with Crippen molar-refractivity contribution in [3.63, 3.8) is 0 Å². The molecule has 1 N–H and O–H groups in total. The van der Waals surface area contributed by atoms with Gasteiger partial charge in [0.25, 0.3) is 0 Å². The highest BCUT2D eigenvalue weighted by molar-refractivity contribution is 5.73. The number of fused-ring (bicyclic) bond motifs is 1. The standard InChI is InChI=1S/C17H29N3/c1-13(2)17(12-18-14(3)4)20-11-10-19(5)15-8-6-7-9-16(15)20/h6-9,13-14,17-18H,10-12H2,1-5H3. The Morgan fingerprint density at radius 1 is 1.05 bits per heavy atom. The second kappa shape index (κ2) is 6.49. The van der Waals surface area contributed by atoms with Gasteiger partial charge in [0, 0.05) is 38.8 Å². The summed E-state index contributed by atoms with van der Waals surface area (Å²) in [6.45, 7) is 12.3. The zero-order valence-electron chi connectivity index (χ0n) is 13.6. The van der Waals surface area contributed by atoms with E-state index in [4.69, 9.17) is 0 Å². The van der Waals surface area contributed by atoms with Crippen molar-refractivity contribution in [1.29, 1.82) is 0 Å². The van der Waals surface area contributed by atoms with Crippen LogP contribution in [0.15, 0.2) is 24.3 Å². The molecule has 0 spiro atoms. The van der Waals surface area contributed by atoms with Gasteiger partial charge in [-0.3, -0.25) is 0 Å². The number of rotatable bonds is 5. The molecule has 1 aromatic carbocycles. The molecule has 0 amide bonds. The van der Waals surface area contributed by atoms with E-state index < -0.39 is 0 Å². The van der Waals surface area contributed by atoms with E-state index in [0.717, 1.165) is 19.6 Å². The SMILES string of the molecule is CC(C)NCC(C(C)C)N1CCN(C)c2ccccc21. The number of hydrogen-bond donors (Lipinski definition) is 1. The van der Waals surface area contributed by atoms with Gasteiger partial charge in [-0.1, -0.05) is 39.8 Å². The molecule has 0 aliphatic carbocycles. The van der Waals surface area contributed by atoms with Crippen molar-refractivity contribution in [2.24, 2.45) is 5.92 Å². The summed E-state index contributed by atoms with van der Waals surface area (Å²) in [5.41, 5.74) is 2.74. The first-order chi connectivity index (χ1) is 9.50. The third-order valence-corrected chi connectivity index (χ3v) is 4.18. The van der Waals surface area contributed by atoms with Crippen molar-refractivity contribution in [2.75, 3.05) is 36.5 Å². The summed E-state index contributed by atoms with van der Waals surface area (Å²) in [6, 6.07) is 9.87. The topological polar surface area (TPSA) is 18.5 Å². The van der Waals surface area contributed by atoms with Crippen LogP contribution in [0.4, 0.5) is 11.4 Å². The fraction of sp³-hybridized carbons (Fsp3) is 0.647. The summed E-state index contributed by atoms with van der Waals surface area (Å²) < 4.78 is 0. The quantitative estimate of drug-likeness (QED) is 0.891. The van der Waals surface area contributed by atoms with Gasteiger partial charge in [0.2, 0.25) is 0 Å². The molecule has 1 aliphatic rings. The van der Waals surface area contributed by atoms with E-state index in [1.54, 1.807) is 0 Å². The Bertz CT molecular complexity index is 428. The minimum atomic E-state index is 0.541. The van der Waals surface area contributed by atoms with Gasteiger partial charge in [-0.15, -0.1) is 0 Å². The van der Waals surface area contributed by atoms with Crippen LogP contribution in [0.1, 0.15) is 27.7 Å². The maximum atomic E-state index is 3.61. The van der Waals surface area contributed by atoms with Gasteiger partial charge >= 0.3 is 0 Å². The molecule has 0 saturated carbocycles. The van der Waals surface area contributed by atoms with E-state index in [0.29, 0.717) is 18.0 Å². The van der Waals surface area contributed by atoms with E-state index in [1.165, 1.54) is 11.4 Å². The number of likely N-dealkylation sites (N-methyl/N-ethyl adjacent to an activating group) is 1. The van der Waals surface area contributed by atoms with Gasteiger partial charge in [0.1, 0.15) is 0 Å². The predicted molar refractivity (Wildman–Crippen MR) is 88.8 cm³/mol. The Morgan fingerprint density at radius 2 is 1.70 bits per heavy atom. The number of nitrogens with zero attached hydrogens (tertiary/aromatic N) is 2. The Balaban J connectivity index is 2.23. The zero-order chi connectivity index (χ0) is 14.7. The van der Waals surface area contributed by atoms with Gasteiger partial charge in [-0.05, 0) is 18.1 Å². The van der Waals surface area contributed by atoms with Crippen LogP contribution in [-0.2, 0) is 0 Å². The fourth-order valence-electron chi connectivity index (χ4n) is 2.94. The van der Waals surface area contributed by atoms with Gasteiger partial charge in [0.05, 0.1) is 11.4 Å². The summed E-state index contributed by atoms with van der Waals surface area (Å²) in [6.07, 6.45) is 0. The van der Waals surface area contributed by atoms with Crippen LogP contribution < -0.4 is 15.1 Å². The van der Waals surface area contributed by atoms with Crippen molar-refractivity contribution in [3.8, 4) is 0 Å². The van der Waals surface area contributed by atoms with Gasteiger partial charge in [0.15, 0.2) is 0 Å². The molecule has 0 bridgehead atoms. The molecule has 1 atom stereocenters. The molecule has 1 heterocycles. The van der Waals surface area contributed by atoms with Gasteiger partial charge in [-0.25, -0.2) is 0 Å².